The van der Waals surface area contributed by atoms with Gasteiger partial charge in [0.15, 0.2) is 0 Å². The molecule has 15 heavy (non-hydrogen) atoms. The molecular formula is C11H21NO3. The highest BCUT2D eigenvalue weighted by Gasteiger charge is 2.25. The second kappa shape index (κ2) is 6.43. The van der Waals surface area contributed by atoms with Crippen LogP contribution in [0.3, 0.4) is 0 Å². The summed E-state index contributed by atoms with van der Waals surface area (Å²) in [6.45, 7) is 7.60. The third kappa shape index (κ3) is 5.40. The van der Waals surface area contributed by atoms with E-state index in [1.165, 1.54) is 0 Å². The molecule has 0 bridgehead atoms. The predicted octanol–water partition coefficient (Wildman–Crippen LogP) is 1.65. The van der Waals surface area contributed by atoms with E-state index in [2.05, 4.69) is 5.32 Å². The van der Waals surface area contributed by atoms with E-state index in [9.17, 15) is 9.59 Å². The molecule has 0 radical (unpaired) electrons. The van der Waals surface area contributed by atoms with Crippen LogP contribution in [0.4, 0.5) is 0 Å². The average molecular weight is 215 g/mol. The Balaban J connectivity index is 4.29. The van der Waals surface area contributed by atoms with Gasteiger partial charge >= 0.3 is 5.97 Å². The molecule has 1 amide bonds. The monoisotopic (exact) mass is 215 g/mol. The summed E-state index contributed by atoms with van der Waals surface area (Å²) < 4.78 is 0. The number of hydrogen-bond acceptors (Lipinski definition) is 2. The molecule has 0 spiro atoms. The van der Waals surface area contributed by atoms with E-state index in [4.69, 9.17) is 5.11 Å². The molecule has 0 aliphatic rings. The zero-order valence-corrected chi connectivity index (χ0v) is 9.91. The van der Waals surface area contributed by atoms with Crippen molar-refractivity contribution in [2.24, 2.45) is 11.8 Å². The van der Waals surface area contributed by atoms with Gasteiger partial charge in [-0.25, -0.2) is 4.79 Å². The van der Waals surface area contributed by atoms with E-state index in [1.807, 2.05) is 27.7 Å². The fourth-order valence-electron chi connectivity index (χ4n) is 1.29. The molecule has 0 rings (SSSR count). The van der Waals surface area contributed by atoms with Crippen molar-refractivity contribution >= 4 is 11.9 Å². The first-order valence-electron chi connectivity index (χ1n) is 5.40. The summed E-state index contributed by atoms with van der Waals surface area (Å²) in [5.41, 5.74) is 0. The van der Waals surface area contributed by atoms with Gasteiger partial charge in [0.1, 0.15) is 6.04 Å². The van der Waals surface area contributed by atoms with Gasteiger partial charge in [-0.3, -0.25) is 4.79 Å². The third-order valence-electron chi connectivity index (χ3n) is 2.39. The number of carbonyl (C=O) groups is 2. The van der Waals surface area contributed by atoms with Gasteiger partial charge in [0.2, 0.25) is 5.91 Å². The molecule has 0 aromatic carbocycles. The van der Waals surface area contributed by atoms with Gasteiger partial charge in [0.25, 0.3) is 0 Å². The summed E-state index contributed by atoms with van der Waals surface area (Å²) in [6.07, 6.45) is 1.11. The van der Waals surface area contributed by atoms with Crippen LogP contribution in [0.5, 0.6) is 0 Å². The average Bonchev–Trinajstić information content (AvgIpc) is 2.11. The smallest absolute Gasteiger partial charge is 0.326 e. The summed E-state index contributed by atoms with van der Waals surface area (Å²) in [6, 6.07) is -0.763. The first-order chi connectivity index (χ1) is 6.88. The van der Waals surface area contributed by atoms with Gasteiger partial charge in [-0.05, 0) is 11.8 Å². The fraction of sp³-hybridized carbons (Fsp3) is 0.818. The van der Waals surface area contributed by atoms with E-state index in [0.717, 1.165) is 6.42 Å². The van der Waals surface area contributed by atoms with Crippen LogP contribution in [0.2, 0.25) is 0 Å². The van der Waals surface area contributed by atoms with Crippen molar-refractivity contribution in [1.29, 1.82) is 0 Å². The zero-order valence-electron chi connectivity index (χ0n) is 9.91. The zero-order chi connectivity index (χ0) is 12.0. The van der Waals surface area contributed by atoms with Crippen LogP contribution in [-0.4, -0.2) is 23.0 Å². The van der Waals surface area contributed by atoms with Crippen LogP contribution < -0.4 is 5.32 Å². The van der Waals surface area contributed by atoms with Crippen molar-refractivity contribution in [3.05, 3.63) is 0 Å². The van der Waals surface area contributed by atoms with Crippen LogP contribution in [0.15, 0.2) is 0 Å². The minimum absolute atomic E-state index is 0.0430. The number of carboxylic acid groups (broad SMARTS) is 1. The van der Waals surface area contributed by atoms with E-state index >= 15 is 0 Å². The Hall–Kier alpha value is -1.06. The van der Waals surface area contributed by atoms with Crippen molar-refractivity contribution in [2.45, 2.75) is 46.6 Å². The molecule has 0 unspecified atom stereocenters. The van der Waals surface area contributed by atoms with Gasteiger partial charge in [0.05, 0.1) is 0 Å². The highest BCUT2D eigenvalue weighted by molar-refractivity contribution is 5.83. The van der Waals surface area contributed by atoms with Crippen molar-refractivity contribution in [2.75, 3.05) is 0 Å². The van der Waals surface area contributed by atoms with Crippen LogP contribution in [0.1, 0.15) is 40.5 Å². The predicted molar refractivity (Wildman–Crippen MR) is 58.5 cm³/mol. The number of hydrogen-bond donors (Lipinski definition) is 2. The van der Waals surface area contributed by atoms with Crippen LogP contribution in [-0.2, 0) is 9.59 Å². The summed E-state index contributed by atoms with van der Waals surface area (Å²) in [7, 11) is 0. The second-order valence-corrected chi connectivity index (χ2v) is 4.37. The molecule has 0 fully saturated rings. The quantitative estimate of drug-likeness (QED) is 0.708. The summed E-state index contributed by atoms with van der Waals surface area (Å²) in [5, 5.41) is 11.5. The first kappa shape index (κ1) is 13.9. The molecule has 0 aliphatic carbocycles. The van der Waals surface area contributed by atoms with Crippen molar-refractivity contribution < 1.29 is 14.7 Å². The van der Waals surface area contributed by atoms with E-state index in [1.54, 1.807) is 0 Å². The van der Waals surface area contributed by atoms with Gasteiger partial charge in [-0.2, -0.15) is 0 Å². The van der Waals surface area contributed by atoms with Crippen LogP contribution in [0.25, 0.3) is 0 Å². The summed E-state index contributed by atoms with van der Waals surface area (Å²) in [4.78, 5) is 22.3. The highest BCUT2D eigenvalue weighted by atomic mass is 16.4. The van der Waals surface area contributed by atoms with E-state index in [-0.39, 0.29) is 17.7 Å². The Bertz CT molecular complexity index is 226. The fourth-order valence-corrected chi connectivity index (χ4v) is 1.29. The van der Waals surface area contributed by atoms with Crippen molar-refractivity contribution in [3.8, 4) is 0 Å². The molecule has 4 heteroatoms. The molecule has 2 N–H and O–H groups in total. The number of aliphatic carboxylic acids is 1. The van der Waals surface area contributed by atoms with Gasteiger partial charge < -0.3 is 10.4 Å². The Morgan fingerprint density at radius 2 is 1.80 bits per heavy atom. The molecule has 0 saturated carbocycles. The maximum Gasteiger partial charge on any atom is 0.326 e. The maximum absolute atomic E-state index is 11.4. The summed E-state index contributed by atoms with van der Waals surface area (Å²) >= 11 is 0. The summed E-state index contributed by atoms with van der Waals surface area (Å²) in [5.74, 6) is -0.936. The Morgan fingerprint density at radius 1 is 1.27 bits per heavy atom. The lowest BCUT2D eigenvalue weighted by Gasteiger charge is -2.20. The lowest BCUT2D eigenvalue weighted by molar-refractivity contribution is -0.143. The number of amides is 1. The molecule has 0 saturated heterocycles. The topological polar surface area (TPSA) is 66.4 Å². The van der Waals surface area contributed by atoms with Gasteiger partial charge in [-0.1, -0.05) is 34.1 Å². The first-order valence-corrected chi connectivity index (χ1v) is 5.40. The van der Waals surface area contributed by atoms with Crippen LogP contribution >= 0.6 is 0 Å². The minimum Gasteiger partial charge on any atom is -0.480 e. The lowest BCUT2D eigenvalue weighted by Crippen LogP contribution is -2.45. The molecule has 4 nitrogen and oxygen atoms in total. The molecule has 2 atom stereocenters. The molecule has 0 aromatic heterocycles. The van der Waals surface area contributed by atoms with Crippen LogP contribution in [0, 0.1) is 11.8 Å². The second-order valence-electron chi connectivity index (χ2n) is 4.37. The third-order valence-corrected chi connectivity index (χ3v) is 2.39. The Morgan fingerprint density at radius 3 is 2.13 bits per heavy atom. The van der Waals surface area contributed by atoms with E-state index in [0.29, 0.717) is 6.42 Å². The molecule has 0 aromatic rings. The number of carbonyl (C=O) groups excluding carboxylic acids is 1. The maximum atomic E-state index is 11.4. The largest absolute Gasteiger partial charge is 0.480 e. The van der Waals surface area contributed by atoms with Crippen molar-refractivity contribution in [3.63, 3.8) is 0 Å². The Labute approximate surface area is 91.1 Å². The van der Waals surface area contributed by atoms with Gasteiger partial charge in [-0.15, -0.1) is 0 Å². The van der Waals surface area contributed by atoms with E-state index < -0.39 is 12.0 Å². The normalized spacial score (nSPS) is 14.7. The SMILES string of the molecule is CC[C@H](C)[C@H](NC(=O)CC(C)C)C(=O)O. The molecule has 88 valence electrons. The minimum atomic E-state index is -0.957. The van der Waals surface area contributed by atoms with Crippen molar-refractivity contribution in [1.82, 2.24) is 5.32 Å². The molecular weight excluding hydrogens is 194 g/mol. The van der Waals surface area contributed by atoms with Gasteiger partial charge in [0, 0.05) is 6.42 Å². The highest BCUT2D eigenvalue weighted by Crippen LogP contribution is 2.09. The Kier molecular flexibility index (Phi) is 5.97. The number of nitrogens with one attached hydrogen (secondary N) is 1. The number of carboxylic acids is 1. The number of rotatable bonds is 6. The lowest BCUT2D eigenvalue weighted by atomic mass is 9.99. The molecule has 0 aliphatic heterocycles. The standard InChI is InChI=1S/C11H21NO3/c1-5-8(4)10(11(14)15)12-9(13)6-7(2)3/h7-8,10H,5-6H2,1-4H3,(H,12,13)(H,14,15)/t8-,10-/m0/s1. The molecule has 0 heterocycles.